The topological polar surface area (TPSA) is 82.6 Å². The summed E-state index contributed by atoms with van der Waals surface area (Å²) in [5, 5.41) is 10.9. The summed E-state index contributed by atoms with van der Waals surface area (Å²) in [5.74, 6) is 0.287. The van der Waals surface area contributed by atoms with E-state index in [0.29, 0.717) is 5.76 Å². The Hall–Kier alpha value is -2.89. The highest BCUT2D eigenvalue weighted by molar-refractivity contribution is 6.07. The fourth-order valence-corrected chi connectivity index (χ4v) is 1.63. The molecule has 6 nitrogen and oxygen atoms in total. The summed E-state index contributed by atoms with van der Waals surface area (Å²) in [6.45, 7) is 0. The van der Waals surface area contributed by atoms with Crippen LogP contribution < -0.4 is 4.74 Å². The molecule has 0 saturated carbocycles. The molecule has 0 aliphatic rings. The first kappa shape index (κ1) is 13.5. The van der Waals surface area contributed by atoms with E-state index in [-0.39, 0.29) is 22.8 Å². The lowest BCUT2D eigenvalue weighted by atomic mass is 10.1. The Morgan fingerprint density at radius 2 is 2.20 bits per heavy atom. The average Bonchev–Trinajstić information content (AvgIpc) is 2.97. The van der Waals surface area contributed by atoms with Crippen molar-refractivity contribution in [2.45, 2.75) is 0 Å². The molecule has 0 spiro atoms. The molecule has 0 fully saturated rings. The molecule has 0 aliphatic heterocycles. The monoisotopic (exact) mass is 273 g/mol. The number of ketones is 1. The molecule has 0 atom stereocenters. The number of nitrogens with zero attached hydrogens (tertiary/aromatic N) is 1. The van der Waals surface area contributed by atoms with Gasteiger partial charge in [0.2, 0.25) is 0 Å². The van der Waals surface area contributed by atoms with Gasteiger partial charge in [-0.05, 0) is 36.4 Å². The third-order valence-corrected chi connectivity index (χ3v) is 2.60. The molecule has 0 unspecified atom stereocenters. The van der Waals surface area contributed by atoms with Gasteiger partial charge in [-0.1, -0.05) is 0 Å². The highest BCUT2D eigenvalue weighted by atomic mass is 16.6. The number of methoxy groups -OCH3 is 1. The zero-order valence-corrected chi connectivity index (χ0v) is 10.6. The van der Waals surface area contributed by atoms with Gasteiger partial charge in [0.25, 0.3) is 0 Å². The van der Waals surface area contributed by atoms with Gasteiger partial charge in [-0.25, -0.2) is 0 Å². The van der Waals surface area contributed by atoms with Crippen molar-refractivity contribution in [1.29, 1.82) is 0 Å². The summed E-state index contributed by atoms with van der Waals surface area (Å²) < 4.78 is 9.93. The minimum atomic E-state index is -0.591. The number of furan rings is 1. The summed E-state index contributed by atoms with van der Waals surface area (Å²) in [5.41, 5.74) is -0.0370. The second kappa shape index (κ2) is 5.83. The van der Waals surface area contributed by atoms with Gasteiger partial charge in [-0.2, -0.15) is 0 Å². The molecule has 1 heterocycles. The van der Waals surface area contributed by atoms with Crippen LogP contribution in [0.2, 0.25) is 0 Å². The van der Waals surface area contributed by atoms with Gasteiger partial charge >= 0.3 is 5.69 Å². The summed E-state index contributed by atoms with van der Waals surface area (Å²) in [6.07, 6.45) is 4.28. The molecule has 2 rings (SSSR count). The van der Waals surface area contributed by atoms with Crippen LogP contribution in [0.3, 0.4) is 0 Å². The Labute approximate surface area is 114 Å². The average molecular weight is 273 g/mol. The van der Waals surface area contributed by atoms with Crippen molar-refractivity contribution in [3.05, 3.63) is 64.1 Å². The lowest BCUT2D eigenvalue weighted by Gasteiger charge is -2.02. The number of carbonyl (C=O) groups excluding carboxylic acids is 1. The lowest BCUT2D eigenvalue weighted by molar-refractivity contribution is -0.385. The van der Waals surface area contributed by atoms with Crippen molar-refractivity contribution in [3.63, 3.8) is 0 Å². The fourth-order valence-electron chi connectivity index (χ4n) is 1.63. The number of allylic oxidation sites excluding steroid dienone is 1. The standard InChI is InChI=1S/C14H11NO5/c1-19-14-7-4-10(9-12(14)15(17)18)13(16)6-5-11-3-2-8-20-11/h2-9H,1H3/b6-5+. The molecule has 6 heteroatoms. The molecular weight excluding hydrogens is 262 g/mol. The van der Waals surface area contributed by atoms with Crippen LogP contribution in [0, 0.1) is 10.1 Å². The van der Waals surface area contributed by atoms with Crippen molar-refractivity contribution in [2.24, 2.45) is 0 Å². The highest BCUT2D eigenvalue weighted by Gasteiger charge is 2.17. The van der Waals surface area contributed by atoms with Crippen LogP contribution in [0.15, 0.2) is 47.1 Å². The molecule has 0 saturated heterocycles. The number of nitro benzene ring substituents is 1. The normalized spacial score (nSPS) is 10.7. The van der Waals surface area contributed by atoms with Crippen molar-refractivity contribution in [1.82, 2.24) is 0 Å². The van der Waals surface area contributed by atoms with E-state index in [0.717, 1.165) is 0 Å². The fraction of sp³-hybridized carbons (Fsp3) is 0.0714. The summed E-state index contributed by atoms with van der Waals surface area (Å²) in [4.78, 5) is 22.2. The first-order chi connectivity index (χ1) is 9.61. The Morgan fingerprint density at radius 3 is 2.80 bits per heavy atom. The molecule has 1 aromatic carbocycles. The zero-order chi connectivity index (χ0) is 14.5. The first-order valence-corrected chi connectivity index (χ1v) is 5.70. The van der Waals surface area contributed by atoms with Crippen LogP contribution >= 0.6 is 0 Å². The minimum Gasteiger partial charge on any atom is -0.490 e. The van der Waals surface area contributed by atoms with E-state index in [1.54, 1.807) is 12.1 Å². The maximum atomic E-state index is 11.9. The predicted molar refractivity (Wildman–Crippen MR) is 71.7 cm³/mol. The second-order valence-electron chi connectivity index (χ2n) is 3.86. The first-order valence-electron chi connectivity index (χ1n) is 5.70. The summed E-state index contributed by atoms with van der Waals surface area (Å²) in [6, 6.07) is 7.45. The van der Waals surface area contributed by atoms with Crippen LogP contribution in [0.4, 0.5) is 5.69 Å². The molecular formula is C14H11NO5. The molecule has 0 N–H and O–H groups in total. The molecule has 20 heavy (non-hydrogen) atoms. The predicted octanol–water partition coefficient (Wildman–Crippen LogP) is 3.09. The second-order valence-corrected chi connectivity index (χ2v) is 3.86. The van der Waals surface area contributed by atoms with E-state index in [9.17, 15) is 14.9 Å². The van der Waals surface area contributed by atoms with Crippen molar-refractivity contribution < 1.29 is 18.9 Å². The number of hydrogen-bond donors (Lipinski definition) is 0. The van der Waals surface area contributed by atoms with Gasteiger partial charge < -0.3 is 9.15 Å². The molecule has 2 aromatic rings. The van der Waals surface area contributed by atoms with Crippen LogP contribution in [-0.4, -0.2) is 17.8 Å². The van der Waals surface area contributed by atoms with Crippen molar-refractivity contribution in [2.75, 3.05) is 7.11 Å². The van der Waals surface area contributed by atoms with Gasteiger partial charge in [-0.15, -0.1) is 0 Å². The molecule has 1 aromatic heterocycles. The van der Waals surface area contributed by atoms with E-state index in [4.69, 9.17) is 9.15 Å². The van der Waals surface area contributed by atoms with Crippen LogP contribution in [0.1, 0.15) is 16.1 Å². The maximum absolute atomic E-state index is 11.9. The number of carbonyl (C=O) groups is 1. The quantitative estimate of drug-likeness (QED) is 0.362. The number of hydrogen-bond acceptors (Lipinski definition) is 5. The van der Waals surface area contributed by atoms with E-state index in [1.807, 2.05) is 0 Å². The van der Waals surface area contributed by atoms with E-state index in [1.165, 1.54) is 43.7 Å². The lowest BCUT2D eigenvalue weighted by Crippen LogP contribution is -1.99. The van der Waals surface area contributed by atoms with Crippen molar-refractivity contribution >= 4 is 17.5 Å². The van der Waals surface area contributed by atoms with Gasteiger partial charge in [0.05, 0.1) is 18.3 Å². The Kier molecular flexibility index (Phi) is 3.95. The maximum Gasteiger partial charge on any atom is 0.311 e. The third kappa shape index (κ3) is 2.92. The third-order valence-electron chi connectivity index (χ3n) is 2.60. The van der Waals surface area contributed by atoms with Gasteiger partial charge in [0.15, 0.2) is 11.5 Å². The highest BCUT2D eigenvalue weighted by Crippen LogP contribution is 2.27. The smallest absolute Gasteiger partial charge is 0.311 e. The summed E-state index contributed by atoms with van der Waals surface area (Å²) >= 11 is 0. The van der Waals surface area contributed by atoms with Crippen molar-refractivity contribution in [3.8, 4) is 5.75 Å². The molecule has 102 valence electrons. The Morgan fingerprint density at radius 1 is 1.40 bits per heavy atom. The van der Waals surface area contributed by atoms with Gasteiger partial charge in [-0.3, -0.25) is 14.9 Å². The minimum absolute atomic E-state index is 0.113. The van der Waals surface area contributed by atoms with E-state index >= 15 is 0 Å². The zero-order valence-electron chi connectivity index (χ0n) is 10.6. The van der Waals surface area contributed by atoms with Crippen LogP contribution in [-0.2, 0) is 0 Å². The number of ether oxygens (including phenoxy) is 1. The molecule has 0 amide bonds. The number of nitro groups is 1. The SMILES string of the molecule is COc1ccc(C(=O)/C=C/c2ccco2)cc1[N+](=O)[O-]. The largest absolute Gasteiger partial charge is 0.490 e. The number of benzene rings is 1. The Balaban J connectivity index is 2.26. The van der Waals surface area contributed by atoms with Crippen LogP contribution in [0.5, 0.6) is 5.75 Å². The number of rotatable bonds is 5. The van der Waals surface area contributed by atoms with Gasteiger partial charge in [0, 0.05) is 11.6 Å². The van der Waals surface area contributed by atoms with Gasteiger partial charge in [0.1, 0.15) is 5.76 Å². The van der Waals surface area contributed by atoms with E-state index in [2.05, 4.69) is 0 Å². The van der Waals surface area contributed by atoms with Crippen LogP contribution in [0.25, 0.3) is 6.08 Å². The molecule has 0 radical (unpaired) electrons. The summed E-state index contributed by atoms with van der Waals surface area (Å²) in [7, 11) is 1.33. The molecule has 0 bridgehead atoms. The molecule has 0 aliphatic carbocycles. The Bertz CT molecular complexity index is 658. The van der Waals surface area contributed by atoms with E-state index < -0.39 is 4.92 Å².